The molecule has 0 fully saturated rings. The highest BCUT2D eigenvalue weighted by atomic mass is 33.1. The Morgan fingerprint density at radius 1 is 1.44 bits per heavy atom. The van der Waals surface area contributed by atoms with Crippen molar-refractivity contribution < 1.29 is 10.4 Å². The van der Waals surface area contributed by atoms with Crippen molar-refractivity contribution in [3.05, 3.63) is 0 Å². The predicted molar refractivity (Wildman–Crippen MR) is 72.5 cm³/mol. The Balaban J connectivity index is 3.33. The normalized spacial score (nSPS) is 11.5. The van der Waals surface area contributed by atoms with E-state index in [1.54, 1.807) is 21.6 Å². The summed E-state index contributed by atoms with van der Waals surface area (Å²) in [5.74, 6) is 2.30. The van der Waals surface area contributed by atoms with Crippen LogP contribution in [0.25, 0.3) is 0 Å². The molecule has 16 heavy (non-hydrogen) atoms. The second kappa shape index (κ2) is 11.1. The first-order chi connectivity index (χ1) is 7.66. The molecular formula is C8H22N6S2+2. The van der Waals surface area contributed by atoms with E-state index in [-0.39, 0.29) is 0 Å². The molecular weight excluding hydrogens is 244 g/mol. The highest BCUT2D eigenvalue weighted by molar-refractivity contribution is 8.76. The van der Waals surface area contributed by atoms with Gasteiger partial charge in [-0.1, -0.05) is 21.6 Å². The van der Waals surface area contributed by atoms with Crippen molar-refractivity contribution in [2.45, 2.75) is 13.3 Å². The van der Waals surface area contributed by atoms with Crippen molar-refractivity contribution in [2.24, 2.45) is 5.73 Å². The van der Waals surface area contributed by atoms with Gasteiger partial charge in [-0.25, -0.2) is 5.43 Å². The third-order valence-corrected chi connectivity index (χ3v) is 3.63. The highest BCUT2D eigenvalue weighted by Crippen LogP contribution is 2.18. The fraction of sp³-hybridized carbons (Fsp3) is 0.750. The number of nitrogens with two attached hydrogens (primary N) is 2. The van der Waals surface area contributed by atoms with Gasteiger partial charge in [-0.05, 0) is 7.05 Å². The SMILES string of the molecule is CNCNN/C(N)=[NH+]/CSSCCC(C)=[NH2+]. The average molecular weight is 266 g/mol. The molecule has 0 aromatic rings. The molecule has 0 rings (SSSR count). The summed E-state index contributed by atoms with van der Waals surface area (Å²) in [5, 5.41) is 8.48. The van der Waals surface area contributed by atoms with Gasteiger partial charge in [0.15, 0.2) is 0 Å². The Bertz CT molecular complexity index is 221. The summed E-state index contributed by atoms with van der Waals surface area (Å²) in [6.07, 6.45) is 0.957. The van der Waals surface area contributed by atoms with Crippen molar-refractivity contribution in [3.63, 3.8) is 0 Å². The van der Waals surface area contributed by atoms with Gasteiger partial charge in [-0.2, -0.15) is 5.43 Å². The van der Waals surface area contributed by atoms with Gasteiger partial charge in [-0.15, -0.1) is 0 Å². The van der Waals surface area contributed by atoms with Gasteiger partial charge in [0.05, 0.1) is 6.67 Å². The van der Waals surface area contributed by atoms with Crippen LogP contribution in [0.3, 0.4) is 0 Å². The molecule has 0 aliphatic rings. The molecule has 0 saturated carbocycles. The lowest BCUT2D eigenvalue weighted by atomic mass is 10.3. The number of rotatable bonds is 9. The van der Waals surface area contributed by atoms with Gasteiger partial charge < -0.3 is 5.32 Å². The van der Waals surface area contributed by atoms with Gasteiger partial charge in [0, 0.05) is 19.1 Å². The van der Waals surface area contributed by atoms with Gasteiger partial charge in [-0.3, -0.25) is 16.1 Å². The number of nitrogens with one attached hydrogen (secondary N) is 4. The molecule has 0 aromatic carbocycles. The van der Waals surface area contributed by atoms with Crippen LogP contribution in [0.4, 0.5) is 0 Å². The van der Waals surface area contributed by atoms with E-state index in [1.165, 1.54) is 0 Å². The average Bonchev–Trinajstić information content (AvgIpc) is 2.23. The minimum atomic E-state index is 0.518. The maximum Gasteiger partial charge on any atom is 0.359 e. The van der Waals surface area contributed by atoms with Gasteiger partial charge in [0.25, 0.3) is 0 Å². The van der Waals surface area contributed by atoms with Gasteiger partial charge >= 0.3 is 5.96 Å². The lowest BCUT2D eigenvalue weighted by Crippen LogP contribution is -2.79. The lowest BCUT2D eigenvalue weighted by molar-refractivity contribution is -0.435. The molecule has 0 amide bonds. The molecule has 6 nitrogen and oxygen atoms in total. The molecule has 0 radical (unpaired) electrons. The van der Waals surface area contributed by atoms with E-state index >= 15 is 0 Å². The summed E-state index contributed by atoms with van der Waals surface area (Å²) in [5.41, 5.74) is 12.3. The van der Waals surface area contributed by atoms with Crippen LogP contribution in [0, 0.1) is 0 Å². The highest BCUT2D eigenvalue weighted by Gasteiger charge is 1.97. The van der Waals surface area contributed by atoms with E-state index in [9.17, 15) is 0 Å². The molecule has 0 saturated heterocycles. The minimum Gasteiger partial charge on any atom is -0.305 e. The monoisotopic (exact) mass is 266 g/mol. The summed E-state index contributed by atoms with van der Waals surface area (Å²) < 4.78 is 0. The van der Waals surface area contributed by atoms with Crippen LogP contribution in [0.2, 0.25) is 0 Å². The molecule has 0 atom stereocenters. The van der Waals surface area contributed by atoms with Crippen molar-refractivity contribution >= 4 is 33.3 Å². The molecule has 0 aliphatic heterocycles. The Morgan fingerprint density at radius 3 is 2.81 bits per heavy atom. The predicted octanol–water partition coefficient (Wildman–Crippen LogP) is -3.40. The molecule has 8 heteroatoms. The van der Waals surface area contributed by atoms with E-state index in [1.807, 2.05) is 14.0 Å². The summed E-state index contributed by atoms with van der Waals surface area (Å²) in [7, 11) is 5.34. The van der Waals surface area contributed by atoms with Crippen LogP contribution in [-0.4, -0.2) is 37.0 Å². The Morgan fingerprint density at radius 2 is 2.19 bits per heavy atom. The zero-order valence-electron chi connectivity index (χ0n) is 9.80. The second-order valence-electron chi connectivity index (χ2n) is 3.10. The lowest BCUT2D eigenvalue weighted by Gasteiger charge is -2.00. The van der Waals surface area contributed by atoms with Crippen molar-refractivity contribution in [2.75, 3.05) is 25.3 Å². The van der Waals surface area contributed by atoms with Crippen LogP contribution >= 0.6 is 21.6 Å². The number of hydrogen-bond acceptors (Lipinski definition) is 4. The number of hydrazine groups is 1. The first kappa shape index (κ1) is 15.6. The smallest absolute Gasteiger partial charge is 0.305 e. The van der Waals surface area contributed by atoms with Gasteiger partial charge in [0.1, 0.15) is 11.6 Å². The fourth-order valence-corrected chi connectivity index (χ4v) is 2.53. The first-order valence-corrected chi connectivity index (χ1v) is 7.47. The third-order valence-electron chi connectivity index (χ3n) is 1.47. The molecule has 0 aliphatic carbocycles. The zero-order chi connectivity index (χ0) is 12.2. The topological polar surface area (TPSA) is 102 Å². The second-order valence-corrected chi connectivity index (χ2v) is 5.69. The summed E-state index contributed by atoms with van der Waals surface area (Å²) in [4.78, 5) is 3.03. The quantitative estimate of drug-likeness (QED) is 0.0650. The van der Waals surface area contributed by atoms with Crippen LogP contribution in [0.15, 0.2) is 0 Å². The maximum atomic E-state index is 5.63. The third kappa shape index (κ3) is 11.6. The number of guanidine groups is 1. The van der Waals surface area contributed by atoms with E-state index in [2.05, 4.69) is 21.2 Å². The maximum absolute atomic E-state index is 5.63. The standard InChI is InChI=1S/C8H20N6S2/c1-7(9)3-4-15-16-6-12-8(10)14-13-5-11-2/h9,11,13H,3-6H2,1-2H3,(H3,10,12,14)/p+2. The van der Waals surface area contributed by atoms with Gasteiger partial charge in [0.2, 0.25) is 0 Å². The molecule has 0 unspecified atom stereocenters. The Hall–Kier alpha value is -0.440. The largest absolute Gasteiger partial charge is 0.359 e. The Kier molecular flexibility index (Phi) is 10.8. The van der Waals surface area contributed by atoms with Crippen LogP contribution in [0.1, 0.15) is 13.3 Å². The van der Waals surface area contributed by atoms with E-state index in [4.69, 9.17) is 11.1 Å². The van der Waals surface area contributed by atoms with E-state index < -0.39 is 0 Å². The summed E-state index contributed by atoms with van der Waals surface area (Å²) >= 11 is 0. The molecule has 8 N–H and O–H groups in total. The van der Waals surface area contributed by atoms with Crippen LogP contribution < -0.4 is 32.3 Å². The first-order valence-electron chi connectivity index (χ1n) is 4.99. The molecule has 0 bridgehead atoms. The van der Waals surface area contributed by atoms with E-state index in [0.29, 0.717) is 12.6 Å². The molecule has 94 valence electrons. The Labute approximate surface area is 104 Å². The summed E-state index contributed by atoms with van der Waals surface area (Å²) in [6.45, 7) is 2.59. The molecule has 0 aromatic heterocycles. The molecule has 0 spiro atoms. The minimum absolute atomic E-state index is 0.518. The van der Waals surface area contributed by atoms with Crippen LogP contribution in [0.5, 0.6) is 0 Å². The number of hydrogen-bond donors (Lipinski definition) is 6. The molecule has 0 heterocycles. The van der Waals surface area contributed by atoms with Crippen molar-refractivity contribution in [1.82, 2.24) is 16.2 Å². The van der Waals surface area contributed by atoms with Crippen molar-refractivity contribution in [3.8, 4) is 0 Å². The summed E-state index contributed by atoms with van der Waals surface area (Å²) in [6, 6.07) is 0. The van der Waals surface area contributed by atoms with Crippen LogP contribution in [-0.2, 0) is 0 Å². The van der Waals surface area contributed by atoms with Crippen molar-refractivity contribution in [1.29, 1.82) is 0 Å². The zero-order valence-corrected chi connectivity index (χ0v) is 11.4. The fourth-order valence-electron chi connectivity index (χ4n) is 0.682. The van der Waals surface area contributed by atoms with E-state index in [0.717, 1.165) is 23.8 Å².